The van der Waals surface area contributed by atoms with Crippen molar-refractivity contribution in [1.82, 2.24) is 9.97 Å². The van der Waals surface area contributed by atoms with Crippen LogP contribution >= 0.6 is 0 Å². The SMILES string of the molecule is COC(=O)c1c(-c2cc(C)c(C(F)(F)F)nc2Oc2ccc(F)c(F)c2C)[nH]c(C)c(OC)c1=O. The molecule has 3 aromatic rings. The first kappa shape index (κ1) is 25.7. The van der Waals surface area contributed by atoms with Gasteiger partial charge in [-0.3, -0.25) is 4.79 Å². The van der Waals surface area contributed by atoms with E-state index < -0.39 is 46.3 Å². The van der Waals surface area contributed by atoms with E-state index in [2.05, 4.69) is 14.7 Å². The van der Waals surface area contributed by atoms with E-state index in [4.69, 9.17) is 9.47 Å². The molecule has 0 unspecified atom stereocenters. The molecule has 0 aliphatic heterocycles. The quantitative estimate of drug-likeness (QED) is 0.382. The monoisotopic (exact) mass is 498 g/mol. The number of aromatic nitrogens is 2. The van der Waals surface area contributed by atoms with Crippen LogP contribution in [0.2, 0.25) is 0 Å². The fourth-order valence-corrected chi connectivity index (χ4v) is 3.44. The first-order valence-corrected chi connectivity index (χ1v) is 9.92. The first-order chi connectivity index (χ1) is 16.3. The molecule has 0 saturated carbocycles. The van der Waals surface area contributed by atoms with Gasteiger partial charge in [0.2, 0.25) is 11.3 Å². The molecule has 0 bridgehead atoms. The van der Waals surface area contributed by atoms with Gasteiger partial charge >= 0.3 is 12.1 Å². The standard InChI is InChI=1S/C23H19F5N2O5/c1-9-8-12(17-15(22(32)34-5)18(31)19(33-4)11(3)29-17)21(30-20(9)23(26,27)28)35-14-7-6-13(24)16(25)10(14)2/h6-8H,1-5H3,(H,29,31). The fraction of sp³-hybridized carbons (Fsp3) is 0.261. The molecule has 0 aliphatic carbocycles. The predicted molar refractivity (Wildman–Crippen MR) is 114 cm³/mol. The number of H-pyrrole nitrogens is 1. The molecule has 186 valence electrons. The van der Waals surface area contributed by atoms with Crippen molar-refractivity contribution in [1.29, 1.82) is 0 Å². The number of aryl methyl sites for hydroxylation is 2. The average Bonchev–Trinajstić information content (AvgIpc) is 2.78. The van der Waals surface area contributed by atoms with E-state index in [0.29, 0.717) is 0 Å². The molecule has 35 heavy (non-hydrogen) atoms. The second-order valence-electron chi connectivity index (χ2n) is 7.44. The van der Waals surface area contributed by atoms with Gasteiger partial charge in [0.25, 0.3) is 0 Å². The second-order valence-corrected chi connectivity index (χ2v) is 7.44. The molecule has 1 N–H and O–H groups in total. The molecule has 2 heterocycles. The topological polar surface area (TPSA) is 90.5 Å². The van der Waals surface area contributed by atoms with Crippen molar-refractivity contribution in [2.75, 3.05) is 14.2 Å². The lowest BCUT2D eigenvalue weighted by Crippen LogP contribution is -2.22. The normalized spacial score (nSPS) is 11.4. The van der Waals surface area contributed by atoms with Crippen LogP contribution in [0, 0.1) is 32.4 Å². The van der Waals surface area contributed by atoms with Crippen molar-refractivity contribution in [3.8, 4) is 28.6 Å². The van der Waals surface area contributed by atoms with Crippen LogP contribution in [-0.2, 0) is 10.9 Å². The Hall–Kier alpha value is -3.96. The number of esters is 1. The summed E-state index contributed by atoms with van der Waals surface area (Å²) in [6, 6.07) is 2.75. The minimum atomic E-state index is -4.89. The molecule has 1 aromatic carbocycles. The van der Waals surface area contributed by atoms with Gasteiger partial charge in [-0.1, -0.05) is 0 Å². The summed E-state index contributed by atoms with van der Waals surface area (Å²) in [6.07, 6.45) is -4.89. The Morgan fingerprint density at radius 2 is 1.74 bits per heavy atom. The molecule has 2 aromatic heterocycles. The summed E-state index contributed by atoms with van der Waals surface area (Å²) in [4.78, 5) is 31.8. The molecule has 0 amide bonds. The summed E-state index contributed by atoms with van der Waals surface area (Å²) in [5, 5.41) is 0. The van der Waals surface area contributed by atoms with E-state index in [9.17, 15) is 31.5 Å². The Morgan fingerprint density at radius 3 is 2.31 bits per heavy atom. The molecular weight excluding hydrogens is 479 g/mol. The van der Waals surface area contributed by atoms with Crippen LogP contribution in [0.15, 0.2) is 23.0 Å². The average molecular weight is 498 g/mol. The third kappa shape index (κ3) is 4.68. The van der Waals surface area contributed by atoms with Crippen LogP contribution in [0.3, 0.4) is 0 Å². The fourth-order valence-electron chi connectivity index (χ4n) is 3.44. The lowest BCUT2D eigenvalue weighted by molar-refractivity contribution is -0.141. The maximum absolute atomic E-state index is 14.1. The van der Waals surface area contributed by atoms with Crippen LogP contribution in [0.1, 0.15) is 32.9 Å². The van der Waals surface area contributed by atoms with Gasteiger partial charge in [0.05, 0.1) is 31.2 Å². The Balaban J connectivity index is 2.40. The van der Waals surface area contributed by atoms with Gasteiger partial charge in [-0.15, -0.1) is 0 Å². The number of nitrogens with one attached hydrogen (secondary N) is 1. The summed E-state index contributed by atoms with van der Waals surface area (Å²) in [5.41, 5.74) is -3.83. The van der Waals surface area contributed by atoms with Gasteiger partial charge < -0.3 is 19.2 Å². The third-order valence-electron chi connectivity index (χ3n) is 5.14. The van der Waals surface area contributed by atoms with Crippen LogP contribution < -0.4 is 14.9 Å². The minimum Gasteiger partial charge on any atom is -0.491 e. The van der Waals surface area contributed by atoms with Gasteiger partial charge in [-0.25, -0.2) is 18.6 Å². The van der Waals surface area contributed by atoms with Crippen LogP contribution in [0.25, 0.3) is 11.3 Å². The molecule has 0 radical (unpaired) electrons. The molecule has 0 atom stereocenters. The lowest BCUT2D eigenvalue weighted by Gasteiger charge is -2.19. The molecule has 0 aliphatic rings. The number of hydrogen-bond donors (Lipinski definition) is 1. The van der Waals surface area contributed by atoms with E-state index >= 15 is 0 Å². The Bertz CT molecular complexity index is 1380. The molecule has 3 rings (SSSR count). The van der Waals surface area contributed by atoms with Crippen molar-refractivity contribution in [3.63, 3.8) is 0 Å². The number of rotatable bonds is 5. The van der Waals surface area contributed by atoms with Gasteiger partial charge in [0, 0.05) is 5.56 Å². The van der Waals surface area contributed by atoms with Crippen molar-refractivity contribution >= 4 is 5.97 Å². The largest absolute Gasteiger partial charge is 0.491 e. The Morgan fingerprint density at radius 1 is 1.09 bits per heavy atom. The molecule has 0 spiro atoms. The molecular formula is C23H19F5N2O5. The van der Waals surface area contributed by atoms with Gasteiger partial charge in [0.1, 0.15) is 11.3 Å². The maximum atomic E-state index is 14.1. The number of pyridine rings is 2. The highest BCUT2D eigenvalue weighted by atomic mass is 19.4. The number of hydrogen-bond acceptors (Lipinski definition) is 6. The van der Waals surface area contributed by atoms with Gasteiger partial charge in [-0.05, 0) is 44.5 Å². The number of halogens is 5. The zero-order chi connectivity index (χ0) is 26.2. The highest BCUT2D eigenvalue weighted by Gasteiger charge is 2.37. The van der Waals surface area contributed by atoms with Crippen molar-refractivity contribution in [3.05, 3.63) is 68.1 Å². The maximum Gasteiger partial charge on any atom is 0.433 e. The first-order valence-electron chi connectivity index (χ1n) is 9.92. The number of alkyl halides is 3. The second kappa shape index (κ2) is 9.35. The van der Waals surface area contributed by atoms with E-state index in [-0.39, 0.29) is 39.6 Å². The minimum absolute atomic E-state index is 0.146. The van der Waals surface area contributed by atoms with Crippen molar-refractivity contribution in [2.45, 2.75) is 26.9 Å². The smallest absolute Gasteiger partial charge is 0.433 e. The number of benzene rings is 1. The molecule has 0 saturated heterocycles. The van der Waals surface area contributed by atoms with E-state index in [1.165, 1.54) is 14.0 Å². The summed E-state index contributed by atoms with van der Waals surface area (Å²) in [6.45, 7) is 3.72. The third-order valence-corrected chi connectivity index (χ3v) is 5.14. The number of carbonyl (C=O) groups is 1. The molecule has 12 heteroatoms. The molecule has 7 nitrogen and oxygen atoms in total. The van der Waals surface area contributed by atoms with Gasteiger partial charge in [0.15, 0.2) is 23.1 Å². The lowest BCUT2D eigenvalue weighted by atomic mass is 10.0. The Kier molecular flexibility index (Phi) is 6.86. The van der Waals surface area contributed by atoms with Crippen LogP contribution in [-0.4, -0.2) is 30.2 Å². The zero-order valence-corrected chi connectivity index (χ0v) is 19.1. The number of carbonyl (C=O) groups excluding carboxylic acids is 1. The summed E-state index contributed by atoms with van der Waals surface area (Å²) < 4.78 is 83.7. The summed E-state index contributed by atoms with van der Waals surface area (Å²) in [7, 11) is 2.21. The van der Waals surface area contributed by atoms with Crippen molar-refractivity contribution < 1.29 is 41.0 Å². The van der Waals surface area contributed by atoms with Gasteiger partial charge in [-0.2, -0.15) is 13.2 Å². The van der Waals surface area contributed by atoms with E-state index in [1.807, 2.05) is 0 Å². The number of aromatic amines is 1. The number of nitrogens with zero attached hydrogens (tertiary/aromatic N) is 1. The number of ether oxygens (including phenoxy) is 3. The number of methoxy groups -OCH3 is 2. The van der Waals surface area contributed by atoms with Crippen LogP contribution in [0.5, 0.6) is 17.4 Å². The van der Waals surface area contributed by atoms with E-state index in [0.717, 1.165) is 39.2 Å². The summed E-state index contributed by atoms with van der Waals surface area (Å²) in [5.74, 6) is -4.83. The highest BCUT2D eigenvalue weighted by Crippen LogP contribution is 2.40. The zero-order valence-electron chi connectivity index (χ0n) is 19.1. The summed E-state index contributed by atoms with van der Waals surface area (Å²) >= 11 is 0. The predicted octanol–water partition coefficient (Wildman–Crippen LogP) is 5.25. The van der Waals surface area contributed by atoms with Crippen molar-refractivity contribution in [2.24, 2.45) is 0 Å². The Labute approximate surface area is 195 Å². The van der Waals surface area contributed by atoms with Crippen LogP contribution in [0.4, 0.5) is 22.0 Å². The van der Waals surface area contributed by atoms with E-state index in [1.54, 1.807) is 0 Å². The highest BCUT2D eigenvalue weighted by molar-refractivity contribution is 5.97. The molecule has 0 fully saturated rings.